The molecule has 1 aromatic carbocycles. The lowest BCUT2D eigenvalue weighted by Gasteiger charge is -2.32. The van der Waals surface area contributed by atoms with Crippen LogP contribution in [0.25, 0.3) is 6.08 Å². The maximum Gasteiger partial charge on any atom is 0.223 e. The van der Waals surface area contributed by atoms with E-state index in [2.05, 4.69) is 5.32 Å². The number of hydrogen-bond donors (Lipinski definition) is 1. The van der Waals surface area contributed by atoms with Crippen molar-refractivity contribution in [1.29, 1.82) is 0 Å². The summed E-state index contributed by atoms with van der Waals surface area (Å²) in [5.41, 5.74) is 2.13. The van der Waals surface area contributed by atoms with Crippen molar-refractivity contribution in [3.63, 3.8) is 0 Å². The molecule has 0 saturated heterocycles. The van der Waals surface area contributed by atoms with Crippen LogP contribution in [0.3, 0.4) is 0 Å². The zero-order valence-electron chi connectivity index (χ0n) is 14.3. The molecular formula is C20H26N2O2. The van der Waals surface area contributed by atoms with E-state index < -0.39 is 0 Å². The van der Waals surface area contributed by atoms with Gasteiger partial charge in [0.1, 0.15) is 0 Å². The van der Waals surface area contributed by atoms with Crippen molar-refractivity contribution in [2.24, 2.45) is 0 Å². The maximum atomic E-state index is 12.6. The highest BCUT2D eigenvalue weighted by atomic mass is 16.2. The van der Waals surface area contributed by atoms with Crippen molar-refractivity contribution in [3.05, 3.63) is 41.6 Å². The first-order valence-corrected chi connectivity index (χ1v) is 9.00. The van der Waals surface area contributed by atoms with Crippen molar-refractivity contribution in [2.45, 2.75) is 64.0 Å². The van der Waals surface area contributed by atoms with Crippen LogP contribution >= 0.6 is 0 Å². The Morgan fingerprint density at radius 3 is 2.54 bits per heavy atom. The molecule has 4 nitrogen and oxygen atoms in total. The van der Waals surface area contributed by atoms with Gasteiger partial charge in [-0.05, 0) is 30.0 Å². The molecule has 0 bridgehead atoms. The summed E-state index contributed by atoms with van der Waals surface area (Å²) in [5, 5.41) is 3.20. The SMILES string of the molecule is CC(=O)N1C=Cc2ccccc2[C@H]1CC(=O)NC1CCCCCC1. The molecule has 1 aliphatic carbocycles. The van der Waals surface area contributed by atoms with E-state index in [1.54, 1.807) is 18.0 Å². The highest BCUT2D eigenvalue weighted by molar-refractivity contribution is 5.82. The molecule has 1 saturated carbocycles. The second-order valence-corrected chi connectivity index (χ2v) is 6.85. The first kappa shape index (κ1) is 16.7. The molecule has 1 aliphatic heterocycles. The van der Waals surface area contributed by atoms with E-state index in [1.807, 2.05) is 30.3 Å². The summed E-state index contributed by atoms with van der Waals surface area (Å²) in [6, 6.07) is 8.06. The molecule has 0 unspecified atom stereocenters. The van der Waals surface area contributed by atoms with Crippen LogP contribution in [-0.4, -0.2) is 22.8 Å². The predicted molar refractivity (Wildman–Crippen MR) is 95.0 cm³/mol. The second-order valence-electron chi connectivity index (χ2n) is 6.85. The summed E-state index contributed by atoms with van der Waals surface area (Å²) < 4.78 is 0. The van der Waals surface area contributed by atoms with Gasteiger partial charge >= 0.3 is 0 Å². The molecule has 0 spiro atoms. The number of nitrogens with zero attached hydrogens (tertiary/aromatic N) is 1. The van der Waals surface area contributed by atoms with Gasteiger partial charge in [-0.2, -0.15) is 0 Å². The Labute approximate surface area is 143 Å². The monoisotopic (exact) mass is 326 g/mol. The zero-order valence-corrected chi connectivity index (χ0v) is 14.3. The Hall–Kier alpha value is -2.10. The van der Waals surface area contributed by atoms with E-state index in [-0.39, 0.29) is 17.9 Å². The van der Waals surface area contributed by atoms with Gasteiger partial charge in [-0.1, -0.05) is 49.9 Å². The lowest BCUT2D eigenvalue weighted by molar-refractivity contribution is -0.130. The number of nitrogens with one attached hydrogen (secondary N) is 1. The van der Waals surface area contributed by atoms with Crippen LogP contribution in [0.5, 0.6) is 0 Å². The largest absolute Gasteiger partial charge is 0.353 e. The third kappa shape index (κ3) is 3.86. The van der Waals surface area contributed by atoms with Crippen LogP contribution in [0, 0.1) is 0 Å². The number of carbonyl (C=O) groups excluding carboxylic acids is 2. The number of amides is 2. The Bertz CT molecular complexity index is 630. The Morgan fingerprint density at radius 2 is 1.83 bits per heavy atom. The van der Waals surface area contributed by atoms with Crippen LogP contribution in [0.4, 0.5) is 0 Å². The van der Waals surface area contributed by atoms with E-state index in [0.717, 1.165) is 24.0 Å². The van der Waals surface area contributed by atoms with E-state index >= 15 is 0 Å². The molecule has 2 amide bonds. The minimum atomic E-state index is -0.213. The fourth-order valence-corrected chi connectivity index (χ4v) is 3.80. The van der Waals surface area contributed by atoms with Gasteiger partial charge in [0.25, 0.3) is 0 Å². The molecule has 1 N–H and O–H groups in total. The van der Waals surface area contributed by atoms with E-state index in [4.69, 9.17) is 0 Å². The molecule has 2 aliphatic rings. The number of carbonyl (C=O) groups is 2. The Balaban J connectivity index is 1.72. The van der Waals surface area contributed by atoms with Gasteiger partial charge in [-0.25, -0.2) is 0 Å². The number of hydrogen-bond acceptors (Lipinski definition) is 2. The van der Waals surface area contributed by atoms with Gasteiger partial charge in [0.05, 0.1) is 12.5 Å². The van der Waals surface area contributed by atoms with Crippen LogP contribution in [-0.2, 0) is 9.59 Å². The van der Waals surface area contributed by atoms with Crippen LogP contribution < -0.4 is 5.32 Å². The first-order valence-electron chi connectivity index (χ1n) is 9.00. The van der Waals surface area contributed by atoms with Gasteiger partial charge < -0.3 is 10.2 Å². The van der Waals surface area contributed by atoms with E-state index in [9.17, 15) is 9.59 Å². The van der Waals surface area contributed by atoms with Crippen molar-refractivity contribution < 1.29 is 9.59 Å². The first-order chi connectivity index (χ1) is 11.6. The minimum Gasteiger partial charge on any atom is -0.353 e. The summed E-state index contributed by atoms with van der Waals surface area (Å²) in [6.45, 7) is 1.55. The molecule has 1 aromatic rings. The molecule has 0 aromatic heterocycles. The fraction of sp³-hybridized carbons (Fsp3) is 0.500. The van der Waals surface area contributed by atoms with Gasteiger partial charge in [-0.3, -0.25) is 9.59 Å². The summed E-state index contributed by atoms with van der Waals surface area (Å²) in [5.74, 6) is 0.0104. The van der Waals surface area contributed by atoms with E-state index in [0.29, 0.717) is 12.5 Å². The highest BCUT2D eigenvalue weighted by Gasteiger charge is 2.28. The molecular weight excluding hydrogens is 300 g/mol. The van der Waals surface area contributed by atoms with Crippen molar-refractivity contribution >= 4 is 17.9 Å². The Morgan fingerprint density at radius 1 is 1.12 bits per heavy atom. The molecule has 1 atom stereocenters. The molecule has 3 rings (SSSR count). The van der Waals surface area contributed by atoms with Crippen molar-refractivity contribution in [2.75, 3.05) is 0 Å². The third-order valence-electron chi connectivity index (χ3n) is 5.07. The van der Waals surface area contributed by atoms with Crippen molar-refractivity contribution in [3.8, 4) is 0 Å². The summed E-state index contributed by atoms with van der Waals surface area (Å²) >= 11 is 0. The fourth-order valence-electron chi connectivity index (χ4n) is 3.80. The summed E-state index contributed by atoms with van der Waals surface area (Å²) in [4.78, 5) is 26.3. The van der Waals surface area contributed by atoms with Gasteiger partial charge in [0.2, 0.25) is 11.8 Å². The van der Waals surface area contributed by atoms with Crippen LogP contribution in [0.1, 0.15) is 69.0 Å². The number of fused-ring (bicyclic) bond motifs is 1. The highest BCUT2D eigenvalue weighted by Crippen LogP contribution is 2.32. The van der Waals surface area contributed by atoms with Crippen molar-refractivity contribution in [1.82, 2.24) is 10.2 Å². The topological polar surface area (TPSA) is 49.4 Å². The minimum absolute atomic E-state index is 0.0342. The van der Waals surface area contributed by atoms with Gasteiger partial charge in [0, 0.05) is 19.2 Å². The van der Waals surface area contributed by atoms with Crippen LogP contribution in [0.15, 0.2) is 30.5 Å². The Kier molecular flexibility index (Phi) is 5.34. The van der Waals surface area contributed by atoms with Gasteiger partial charge in [0.15, 0.2) is 0 Å². The predicted octanol–water partition coefficient (Wildman–Crippen LogP) is 3.79. The second kappa shape index (κ2) is 7.65. The lowest BCUT2D eigenvalue weighted by atomic mass is 9.93. The average Bonchev–Trinajstić information content (AvgIpc) is 2.83. The molecule has 1 fully saturated rings. The number of rotatable bonds is 3. The normalized spacial score (nSPS) is 21.0. The molecule has 1 heterocycles. The third-order valence-corrected chi connectivity index (χ3v) is 5.07. The number of benzene rings is 1. The van der Waals surface area contributed by atoms with E-state index in [1.165, 1.54) is 25.7 Å². The average molecular weight is 326 g/mol. The zero-order chi connectivity index (χ0) is 16.9. The molecule has 128 valence electrons. The lowest BCUT2D eigenvalue weighted by Crippen LogP contribution is -2.39. The maximum absolute atomic E-state index is 12.6. The standard InChI is InChI=1S/C20H26N2O2/c1-15(23)22-13-12-16-8-6-7-11-18(16)19(22)14-20(24)21-17-9-4-2-3-5-10-17/h6-8,11-13,17,19H,2-5,9-10,14H2,1H3,(H,21,24)/t19-/m1/s1. The summed E-state index contributed by atoms with van der Waals surface area (Å²) in [7, 11) is 0. The summed E-state index contributed by atoms with van der Waals surface area (Å²) in [6.07, 6.45) is 11.1. The molecule has 24 heavy (non-hydrogen) atoms. The molecule has 0 radical (unpaired) electrons. The quantitative estimate of drug-likeness (QED) is 0.859. The van der Waals surface area contributed by atoms with Crippen LogP contribution in [0.2, 0.25) is 0 Å². The molecule has 4 heteroatoms. The van der Waals surface area contributed by atoms with Gasteiger partial charge in [-0.15, -0.1) is 0 Å². The smallest absolute Gasteiger partial charge is 0.223 e.